The van der Waals surface area contributed by atoms with Crippen LogP contribution >= 0.6 is 0 Å². The largest absolute Gasteiger partial charge is 0.480 e. The highest BCUT2D eigenvalue weighted by Crippen LogP contribution is 2.28. The maximum atomic E-state index is 11.1. The normalized spacial score (nSPS) is 13.9. The Morgan fingerprint density at radius 3 is 2.36 bits per heavy atom. The zero-order valence-electron chi connectivity index (χ0n) is 9.39. The van der Waals surface area contributed by atoms with E-state index in [0.29, 0.717) is 12.8 Å². The van der Waals surface area contributed by atoms with Crippen molar-refractivity contribution in [1.29, 1.82) is 0 Å². The van der Waals surface area contributed by atoms with Crippen LogP contribution in [0.1, 0.15) is 52.9 Å². The van der Waals surface area contributed by atoms with Crippen molar-refractivity contribution < 1.29 is 9.90 Å². The highest BCUT2D eigenvalue weighted by atomic mass is 16.4. The van der Waals surface area contributed by atoms with E-state index < -0.39 is 11.4 Å². The molecule has 0 amide bonds. The van der Waals surface area contributed by atoms with Crippen molar-refractivity contribution >= 4 is 5.97 Å². The summed E-state index contributed by atoms with van der Waals surface area (Å²) in [5.74, 6) is 4.82. The molecule has 1 unspecified atom stereocenters. The second kappa shape index (κ2) is 6.48. The average Bonchev–Trinajstić information content (AvgIpc) is 2.16. The molecule has 0 aromatic carbocycles. The van der Waals surface area contributed by atoms with Crippen molar-refractivity contribution in [3.8, 4) is 11.8 Å². The molecule has 0 spiro atoms. The number of hydrogen-bond donors (Lipinski definition) is 1. The standard InChI is InChI=1S/C12H20O2/c1-4-7-8-10-12(6-3,9-5-2)11(13)14/h4,6-8,10H2,1-3H3,(H,13,14). The first-order chi connectivity index (χ1) is 6.63. The van der Waals surface area contributed by atoms with Crippen LogP contribution in [-0.4, -0.2) is 11.1 Å². The Bertz CT molecular complexity index is 234. The quantitative estimate of drug-likeness (QED) is 0.523. The third-order valence-corrected chi connectivity index (χ3v) is 2.58. The number of rotatable bonds is 6. The fourth-order valence-corrected chi connectivity index (χ4v) is 1.56. The monoisotopic (exact) mass is 196 g/mol. The zero-order valence-corrected chi connectivity index (χ0v) is 9.39. The molecule has 0 fully saturated rings. The Balaban J connectivity index is 4.48. The molecule has 2 heteroatoms. The SMILES string of the molecule is CC#CC(CC)(CCCCC)C(=O)O. The number of unbranched alkanes of at least 4 members (excludes halogenated alkanes) is 2. The van der Waals surface area contributed by atoms with E-state index in [1.807, 2.05) is 6.92 Å². The van der Waals surface area contributed by atoms with Gasteiger partial charge in [-0.25, -0.2) is 0 Å². The molecule has 0 heterocycles. The highest BCUT2D eigenvalue weighted by molar-refractivity contribution is 5.78. The van der Waals surface area contributed by atoms with Gasteiger partial charge < -0.3 is 5.11 Å². The number of aliphatic carboxylic acids is 1. The molecule has 0 aliphatic rings. The van der Waals surface area contributed by atoms with Gasteiger partial charge in [0.1, 0.15) is 5.41 Å². The van der Waals surface area contributed by atoms with E-state index in [2.05, 4.69) is 18.8 Å². The Morgan fingerprint density at radius 2 is 2.00 bits per heavy atom. The Hall–Kier alpha value is -0.970. The fourth-order valence-electron chi connectivity index (χ4n) is 1.56. The summed E-state index contributed by atoms with van der Waals surface area (Å²) in [6.45, 7) is 5.71. The van der Waals surface area contributed by atoms with Crippen LogP contribution in [0.25, 0.3) is 0 Å². The lowest BCUT2D eigenvalue weighted by Crippen LogP contribution is -2.28. The van der Waals surface area contributed by atoms with Crippen LogP contribution < -0.4 is 0 Å². The van der Waals surface area contributed by atoms with Gasteiger partial charge in [-0.3, -0.25) is 4.79 Å². The zero-order chi connectivity index (χ0) is 11.0. The van der Waals surface area contributed by atoms with E-state index in [1.165, 1.54) is 0 Å². The van der Waals surface area contributed by atoms with Gasteiger partial charge in [0.25, 0.3) is 0 Å². The molecule has 1 atom stereocenters. The average molecular weight is 196 g/mol. The molecule has 0 saturated carbocycles. The molecule has 0 aliphatic heterocycles. The third kappa shape index (κ3) is 3.41. The molecular weight excluding hydrogens is 176 g/mol. The third-order valence-electron chi connectivity index (χ3n) is 2.58. The van der Waals surface area contributed by atoms with Gasteiger partial charge in [0.15, 0.2) is 0 Å². The molecule has 0 aliphatic carbocycles. The first-order valence-corrected chi connectivity index (χ1v) is 5.30. The number of carboxylic acid groups (broad SMARTS) is 1. The summed E-state index contributed by atoms with van der Waals surface area (Å²) in [6, 6.07) is 0. The van der Waals surface area contributed by atoms with Gasteiger partial charge in [-0.05, 0) is 19.8 Å². The van der Waals surface area contributed by atoms with Crippen LogP contribution in [0.4, 0.5) is 0 Å². The van der Waals surface area contributed by atoms with E-state index in [4.69, 9.17) is 5.11 Å². The van der Waals surface area contributed by atoms with Crippen LogP contribution in [0.2, 0.25) is 0 Å². The van der Waals surface area contributed by atoms with E-state index in [1.54, 1.807) is 6.92 Å². The predicted octanol–water partition coefficient (Wildman–Crippen LogP) is 3.07. The first kappa shape index (κ1) is 13.0. The molecule has 14 heavy (non-hydrogen) atoms. The van der Waals surface area contributed by atoms with Gasteiger partial charge in [0, 0.05) is 0 Å². The fraction of sp³-hybridized carbons (Fsp3) is 0.750. The van der Waals surface area contributed by atoms with Gasteiger partial charge in [0.2, 0.25) is 0 Å². The smallest absolute Gasteiger partial charge is 0.321 e. The Morgan fingerprint density at radius 1 is 1.36 bits per heavy atom. The van der Waals surface area contributed by atoms with E-state index >= 15 is 0 Å². The molecule has 2 nitrogen and oxygen atoms in total. The van der Waals surface area contributed by atoms with Crippen molar-refractivity contribution in [1.82, 2.24) is 0 Å². The number of hydrogen-bond acceptors (Lipinski definition) is 1. The molecule has 0 aromatic heterocycles. The van der Waals surface area contributed by atoms with Crippen molar-refractivity contribution in [2.75, 3.05) is 0 Å². The van der Waals surface area contributed by atoms with Crippen LogP contribution in [-0.2, 0) is 4.79 Å². The number of carbonyl (C=O) groups is 1. The minimum Gasteiger partial charge on any atom is -0.480 e. The van der Waals surface area contributed by atoms with Crippen LogP contribution in [0.15, 0.2) is 0 Å². The van der Waals surface area contributed by atoms with Gasteiger partial charge in [-0.15, -0.1) is 5.92 Å². The topological polar surface area (TPSA) is 37.3 Å². The predicted molar refractivity (Wildman–Crippen MR) is 58.0 cm³/mol. The maximum absolute atomic E-state index is 11.1. The number of carboxylic acids is 1. The summed E-state index contributed by atoms with van der Waals surface area (Å²) in [4.78, 5) is 11.1. The van der Waals surface area contributed by atoms with E-state index in [0.717, 1.165) is 19.3 Å². The van der Waals surface area contributed by atoms with Crippen LogP contribution in [0.3, 0.4) is 0 Å². The molecule has 0 aromatic rings. The van der Waals surface area contributed by atoms with Crippen molar-refractivity contribution in [2.45, 2.75) is 52.9 Å². The molecule has 1 N–H and O–H groups in total. The van der Waals surface area contributed by atoms with Crippen molar-refractivity contribution in [2.24, 2.45) is 5.41 Å². The lowest BCUT2D eigenvalue weighted by molar-refractivity contribution is -0.146. The lowest BCUT2D eigenvalue weighted by atomic mass is 9.81. The van der Waals surface area contributed by atoms with Crippen molar-refractivity contribution in [3.63, 3.8) is 0 Å². The molecule has 0 saturated heterocycles. The highest BCUT2D eigenvalue weighted by Gasteiger charge is 2.33. The van der Waals surface area contributed by atoms with Crippen LogP contribution in [0.5, 0.6) is 0 Å². The summed E-state index contributed by atoms with van der Waals surface area (Å²) in [7, 11) is 0. The van der Waals surface area contributed by atoms with Gasteiger partial charge in [0.05, 0.1) is 0 Å². The summed E-state index contributed by atoms with van der Waals surface area (Å²) in [6.07, 6.45) is 4.41. The minimum absolute atomic E-state index is 0.590. The lowest BCUT2D eigenvalue weighted by Gasteiger charge is -2.21. The summed E-state index contributed by atoms with van der Waals surface area (Å²) in [5.41, 5.74) is -0.802. The molecule has 0 bridgehead atoms. The van der Waals surface area contributed by atoms with Gasteiger partial charge in [-0.1, -0.05) is 39.0 Å². The maximum Gasteiger partial charge on any atom is 0.321 e. The van der Waals surface area contributed by atoms with E-state index in [9.17, 15) is 4.79 Å². The molecule has 0 rings (SSSR count). The molecular formula is C12H20O2. The summed E-state index contributed by atoms with van der Waals surface area (Å²) in [5, 5.41) is 9.15. The van der Waals surface area contributed by atoms with Gasteiger partial charge in [-0.2, -0.15) is 0 Å². The van der Waals surface area contributed by atoms with Crippen LogP contribution in [0, 0.1) is 17.3 Å². The molecule has 80 valence electrons. The minimum atomic E-state index is -0.802. The first-order valence-electron chi connectivity index (χ1n) is 5.30. The van der Waals surface area contributed by atoms with Crippen molar-refractivity contribution in [3.05, 3.63) is 0 Å². The second-order valence-corrected chi connectivity index (χ2v) is 3.57. The molecule has 0 radical (unpaired) electrons. The summed E-state index contributed by atoms with van der Waals surface area (Å²) >= 11 is 0. The van der Waals surface area contributed by atoms with E-state index in [-0.39, 0.29) is 0 Å². The Kier molecular flexibility index (Phi) is 6.03. The van der Waals surface area contributed by atoms with Gasteiger partial charge >= 0.3 is 5.97 Å². The Labute approximate surface area is 86.7 Å². The summed E-state index contributed by atoms with van der Waals surface area (Å²) < 4.78 is 0. The second-order valence-electron chi connectivity index (χ2n) is 3.57.